The number of rotatable bonds is 8. The van der Waals surface area contributed by atoms with Crippen LogP contribution < -0.4 is 5.14 Å². The topological polar surface area (TPSA) is 89.9 Å². The van der Waals surface area contributed by atoms with Crippen LogP contribution in [0.4, 0.5) is 0 Å². The average molecular weight is 493 g/mol. The molecule has 1 aliphatic heterocycles. The SMILES string of the molecule is C=CCn1cc(SCCN=C2CCCN2C)c2ccccc21.NS(=O)(=O)OC1CCCCC1. The van der Waals surface area contributed by atoms with E-state index in [0.29, 0.717) is 0 Å². The molecule has 0 atom stereocenters. The predicted octanol–water partition coefficient (Wildman–Crippen LogP) is 4.58. The minimum Gasteiger partial charge on any atom is -0.363 e. The molecular formula is C24H36N4O3S2. The van der Waals surface area contributed by atoms with Gasteiger partial charge in [-0.05, 0) is 25.3 Å². The van der Waals surface area contributed by atoms with Crippen molar-refractivity contribution < 1.29 is 12.6 Å². The molecule has 33 heavy (non-hydrogen) atoms. The molecule has 0 bridgehead atoms. The molecule has 2 fully saturated rings. The highest BCUT2D eigenvalue weighted by Crippen LogP contribution is 2.30. The molecule has 2 N–H and O–H groups in total. The summed E-state index contributed by atoms with van der Waals surface area (Å²) in [5, 5.41) is 6.05. The first-order valence-corrected chi connectivity index (χ1v) is 14.1. The fraction of sp³-hybridized carbons (Fsp3) is 0.542. The second-order valence-electron chi connectivity index (χ2n) is 8.47. The van der Waals surface area contributed by atoms with E-state index >= 15 is 0 Å². The molecule has 2 heterocycles. The largest absolute Gasteiger partial charge is 0.363 e. The maximum atomic E-state index is 10.5. The first kappa shape index (κ1) is 25.8. The molecule has 4 rings (SSSR count). The highest BCUT2D eigenvalue weighted by atomic mass is 32.2. The Morgan fingerprint density at radius 1 is 1.24 bits per heavy atom. The van der Waals surface area contributed by atoms with Crippen molar-refractivity contribution in [3.8, 4) is 0 Å². The molecule has 1 aromatic heterocycles. The van der Waals surface area contributed by atoms with Crippen molar-refractivity contribution in [1.82, 2.24) is 9.47 Å². The Morgan fingerprint density at radius 3 is 2.67 bits per heavy atom. The normalized spacial score (nSPS) is 18.5. The number of hydrogen-bond donors (Lipinski definition) is 1. The minimum absolute atomic E-state index is 0.168. The lowest BCUT2D eigenvalue weighted by atomic mass is 9.98. The summed E-state index contributed by atoms with van der Waals surface area (Å²) in [6, 6.07) is 8.58. The van der Waals surface area contributed by atoms with E-state index in [4.69, 9.17) is 10.1 Å². The Hall–Kier alpha value is -1.81. The zero-order valence-corrected chi connectivity index (χ0v) is 21.1. The van der Waals surface area contributed by atoms with Crippen molar-refractivity contribution in [2.75, 3.05) is 25.9 Å². The van der Waals surface area contributed by atoms with E-state index in [1.165, 1.54) is 34.5 Å². The smallest absolute Gasteiger partial charge is 0.333 e. The number of aliphatic imine (C=N–C) groups is 1. The zero-order chi connectivity index (χ0) is 23.7. The lowest BCUT2D eigenvalue weighted by Crippen LogP contribution is -2.25. The summed E-state index contributed by atoms with van der Waals surface area (Å²) >= 11 is 1.90. The van der Waals surface area contributed by atoms with Crippen LogP contribution in [0.1, 0.15) is 44.9 Å². The standard InChI is InChI=1S/C18H23N3S.C6H13NO3S/c1-3-11-21-14-17(15-7-4-5-8-16(15)21)22-13-10-19-18-9-6-12-20(18)2;7-11(8,9)10-6-4-2-1-3-5-6/h3-5,7-8,14H,1,6,9-13H2,2H3;6H,1-5H2,(H2,7,8,9). The molecule has 1 aromatic carbocycles. The molecule has 2 aliphatic rings. The van der Waals surface area contributed by atoms with Crippen LogP contribution in [0.3, 0.4) is 0 Å². The quantitative estimate of drug-likeness (QED) is 0.331. The third-order valence-electron chi connectivity index (χ3n) is 5.88. The van der Waals surface area contributed by atoms with Crippen LogP contribution in [0, 0.1) is 0 Å². The number of para-hydroxylation sites is 1. The number of allylic oxidation sites excluding steroid dienone is 1. The third kappa shape index (κ3) is 8.17. The van der Waals surface area contributed by atoms with Crippen molar-refractivity contribution in [3.63, 3.8) is 0 Å². The van der Waals surface area contributed by atoms with Crippen LogP contribution in [-0.4, -0.2) is 55.7 Å². The highest BCUT2D eigenvalue weighted by molar-refractivity contribution is 7.99. The van der Waals surface area contributed by atoms with Crippen molar-refractivity contribution in [2.24, 2.45) is 10.1 Å². The fourth-order valence-electron chi connectivity index (χ4n) is 4.29. The summed E-state index contributed by atoms with van der Waals surface area (Å²) in [5.74, 6) is 2.30. The van der Waals surface area contributed by atoms with Gasteiger partial charge in [-0.1, -0.05) is 43.5 Å². The predicted molar refractivity (Wildman–Crippen MR) is 138 cm³/mol. The molecule has 7 nitrogen and oxygen atoms in total. The number of nitrogens with zero attached hydrogens (tertiary/aromatic N) is 3. The van der Waals surface area contributed by atoms with Crippen LogP contribution in [0.2, 0.25) is 0 Å². The molecule has 0 radical (unpaired) electrons. The van der Waals surface area contributed by atoms with Crippen molar-refractivity contribution >= 4 is 38.8 Å². The van der Waals surface area contributed by atoms with E-state index in [1.54, 1.807) is 0 Å². The maximum Gasteiger partial charge on any atom is 0.333 e. The molecule has 1 aliphatic carbocycles. The summed E-state index contributed by atoms with van der Waals surface area (Å²) in [6.45, 7) is 6.75. The van der Waals surface area contributed by atoms with Gasteiger partial charge in [-0.2, -0.15) is 8.42 Å². The van der Waals surface area contributed by atoms with E-state index in [2.05, 4.69) is 57.7 Å². The number of aromatic nitrogens is 1. The van der Waals surface area contributed by atoms with Gasteiger partial charge in [0.1, 0.15) is 0 Å². The summed E-state index contributed by atoms with van der Waals surface area (Å²) < 4.78 is 27.8. The zero-order valence-electron chi connectivity index (χ0n) is 19.5. The van der Waals surface area contributed by atoms with Crippen LogP contribution in [0.5, 0.6) is 0 Å². The van der Waals surface area contributed by atoms with Gasteiger partial charge in [-0.15, -0.1) is 18.3 Å². The second-order valence-corrected chi connectivity index (χ2v) is 10.8. The minimum atomic E-state index is -3.72. The summed E-state index contributed by atoms with van der Waals surface area (Å²) in [7, 11) is -1.58. The van der Waals surface area contributed by atoms with Gasteiger partial charge in [-0.25, -0.2) is 5.14 Å². The van der Waals surface area contributed by atoms with Gasteiger partial charge >= 0.3 is 10.3 Å². The molecular weight excluding hydrogens is 456 g/mol. The van der Waals surface area contributed by atoms with Crippen molar-refractivity contribution in [2.45, 2.75) is 62.5 Å². The van der Waals surface area contributed by atoms with Crippen LogP contribution >= 0.6 is 11.8 Å². The lowest BCUT2D eigenvalue weighted by Gasteiger charge is -2.19. The van der Waals surface area contributed by atoms with Gasteiger partial charge in [-0.3, -0.25) is 9.18 Å². The molecule has 2 aromatic rings. The number of thioether (sulfide) groups is 1. The molecule has 182 valence electrons. The fourth-order valence-corrected chi connectivity index (χ4v) is 5.80. The number of hydrogen-bond acceptors (Lipinski definition) is 5. The number of nitrogens with two attached hydrogens (primary N) is 1. The Balaban J connectivity index is 0.000000235. The lowest BCUT2D eigenvalue weighted by molar-refractivity contribution is 0.162. The van der Waals surface area contributed by atoms with Crippen molar-refractivity contribution in [1.29, 1.82) is 0 Å². The molecule has 0 spiro atoms. The van der Waals surface area contributed by atoms with E-state index in [0.717, 1.165) is 57.5 Å². The number of likely N-dealkylation sites (tertiary alicyclic amines) is 1. The van der Waals surface area contributed by atoms with Gasteiger partial charge in [0.2, 0.25) is 0 Å². The molecule has 1 saturated heterocycles. The van der Waals surface area contributed by atoms with Gasteiger partial charge < -0.3 is 9.47 Å². The Bertz CT molecular complexity index is 1040. The number of amidine groups is 1. The maximum absolute atomic E-state index is 10.5. The van der Waals surface area contributed by atoms with Crippen LogP contribution in [0.15, 0.2) is 53.0 Å². The number of benzene rings is 1. The molecule has 0 amide bonds. The Kier molecular flexibility index (Phi) is 9.85. The first-order valence-electron chi connectivity index (χ1n) is 11.6. The van der Waals surface area contributed by atoms with Crippen molar-refractivity contribution in [3.05, 3.63) is 43.1 Å². The molecule has 1 saturated carbocycles. The number of fused-ring (bicyclic) bond motifs is 1. The van der Waals surface area contributed by atoms with E-state index in [-0.39, 0.29) is 6.10 Å². The van der Waals surface area contributed by atoms with Gasteiger partial charge in [0.05, 0.1) is 18.5 Å². The van der Waals surface area contributed by atoms with Crippen LogP contribution in [-0.2, 0) is 21.0 Å². The summed E-state index contributed by atoms with van der Waals surface area (Å²) in [6.07, 6.45) is 11.3. The monoisotopic (exact) mass is 492 g/mol. The van der Waals surface area contributed by atoms with Gasteiger partial charge in [0, 0.05) is 54.3 Å². The Morgan fingerprint density at radius 2 is 2.00 bits per heavy atom. The second kappa shape index (κ2) is 12.6. The third-order valence-corrected chi connectivity index (χ3v) is 7.44. The van der Waals surface area contributed by atoms with Gasteiger partial charge in [0.15, 0.2) is 0 Å². The Labute approximate surface area is 202 Å². The van der Waals surface area contributed by atoms with E-state index < -0.39 is 10.3 Å². The van der Waals surface area contributed by atoms with Gasteiger partial charge in [0.25, 0.3) is 0 Å². The average Bonchev–Trinajstić information content (AvgIpc) is 3.35. The summed E-state index contributed by atoms with van der Waals surface area (Å²) in [5.41, 5.74) is 1.28. The first-order chi connectivity index (χ1) is 15.9. The van der Waals surface area contributed by atoms with E-state index in [1.807, 2.05) is 17.8 Å². The summed E-state index contributed by atoms with van der Waals surface area (Å²) in [4.78, 5) is 8.36. The van der Waals surface area contributed by atoms with Crippen LogP contribution in [0.25, 0.3) is 10.9 Å². The molecule has 9 heteroatoms. The van der Waals surface area contributed by atoms with E-state index in [9.17, 15) is 8.42 Å². The highest BCUT2D eigenvalue weighted by Gasteiger charge is 2.18. The molecule has 0 unspecified atom stereocenters.